The van der Waals surface area contributed by atoms with Gasteiger partial charge in [0.25, 0.3) is 5.91 Å². The number of hydrogen-bond donors (Lipinski definition) is 3. The zero-order valence-corrected chi connectivity index (χ0v) is 26.9. The molecule has 5 atom stereocenters. The summed E-state index contributed by atoms with van der Waals surface area (Å²) in [6, 6.07) is 9.44. The summed E-state index contributed by atoms with van der Waals surface area (Å²) in [4.78, 5) is 25.7. The molecule has 2 amide bonds. The Labute approximate surface area is 268 Å². The number of sulfonamides is 1. The number of nitrogens with one attached hydrogen (secondary N) is 1. The maximum Gasteiger partial charge on any atom is 0.407 e. The van der Waals surface area contributed by atoms with Crippen LogP contribution in [-0.4, -0.2) is 111 Å². The number of likely N-dealkylation sites (N-methyl/N-ethyl adjacent to an activating group) is 1. The van der Waals surface area contributed by atoms with E-state index in [1.165, 1.54) is 34.5 Å². The summed E-state index contributed by atoms with van der Waals surface area (Å²) in [5, 5.41) is 24.9. The molecular formula is C31H41N3O11S. The predicted molar refractivity (Wildman–Crippen MR) is 163 cm³/mol. The van der Waals surface area contributed by atoms with Crippen molar-refractivity contribution < 1.29 is 51.9 Å². The number of nitrogens with zero attached hydrogens (tertiary/aromatic N) is 2. The van der Waals surface area contributed by atoms with Crippen LogP contribution >= 0.6 is 0 Å². The minimum atomic E-state index is -4.14. The van der Waals surface area contributed by atoms with Crippen LogP contribution in [0.25, 0.3) is 0 Å². The van der Waals surface area contributed by atoms with Gasteiger partial charge in [-0.1, -0.05) is 26.0 Å². The van der Waals surface area contributed by atoms with E-state index in [-0.39, 0.29) is 62.2 Å². The summed E-state index contributed by atoms with van der Waals surface area (Å²) in [5.41, 5.74) is 0.676. The average molecular weight is 664 g/mol. The van der Waals surface area contributed by atoms with Crippen LogP contribution in [-0.2, 0) is 30.7 Å². The van der Waals surface area contributed by atoms with Gasteiger partial charge in [-0.25, -0.2) is 13.2 Å². The third-order valence-corrected chi connectivity index (χ3v) is 10.2. The van der Waals surface area contributed by atoms with Crippen molar-refractivity contribution >= 4 is 22.0 Å². The van der Waals surface area contributed by atoms with Crippen molar-refractivity contribution in [2.24, 2.45) is 11.8 Å². The Hall–Kier alpha value is -3.63. The molecule has 0 unspecified atom stereocenters. The average Bonchev–Trinajstić information content (AvgIpc) is 3.78. The van der Waals surface area contributed by atoms with Gasteiger partial charge in [-0.05, 0) is 48.6 Å². The number of carboxylic acid groups (broad SMARTS) is 1. The first-order valence-electron chi connectivity index (χ1n) is 15.2. The first-order chi connectivity index (χ1) is 22.0. The molecule has 2 fully saturated rings. The lowest BCUT2D eigenvalue weighted by Gasteiger charge is -2.39. The molecule has 14 nitrogen and oxygen atoms in total. The lowest BCUT2D eigenvalue weighted by Crippen LogP contribution is -2.57. The lowest BCUT2D eigenvalue weighted by molar-refractivity contribution is -0.122. The van der Waals surface area contributed by atoms with Gasteiger partial charge >= 0.3 is 6.09 Å². The molecule has 2 aromatic carbocycles. The van der Waals surface area contributed by atoms with Gasteiger partial charge in [-0.15, -0.1) is 0 Å². The molecule has 0 bridgehead atoms. The number of aliphatic hydroxyl groups excluding tert-OH is 1. The van der Waals surface area contributed by atoms with Crippen LogP contribution in [0.15, 0.2) is 47.4 Å². The largest absolute Gasteiger partial charge is 0.484 e. The van der Waals surface area contributed by atoms with Crippen LogP contribution < -0.4 is 19.5 Å². The van der Waals surface area contributed by atoms with Gasteiger partial charge in [0.2, 0.25) is 16.8 Å². The van der Waals surface area contributed by atoms with Crippen molar-refractivity contribution in [2.45, 2.75) is 56.1 Å². The number of amides is 2. The molecule has 2 aromatic rings. The maximum absolute atomic E-state index is 14.0. The van der Waals surface area contributed by atoms with Gasteiger partial charge in [0.1, 0.15) is 5.75 Å². The van der Waals surface area contributed by atoms with Crippen LogP contribution in [0, 0.1) is 11.8 Å². The molecule has 3 N–H and O–H groups in total. The number of hydrogen-bond acceptors (Lipinski definition) is 10. The van der Waals surface area contributed by atoms with E-state index in [0.717, 1.165) is 0 Å². The van der Waals surface area contributed by atoms with E-state index < -0.39 is 40.6 Å². The number of fused-ring (bicyclic) bond motifs is 2. The van der Waals surface area contributed by atoms with Crippen molar-refractivity contribution in [3.8, 4) is 17.2 Å². The first-order valence-corrected chi connectivity index (χ1v) is 16.7. The summed E-state index contributed by atoms with van der Waals surface area (Å²) in [7, 11) is -2.64. The zero-order chi connectivity index (χ0) is 33.0. The Morgan fingerprint density at radius 2 is 1.80 bits per heavy atom. The molecule has 46 heavy (non-hydrogen) atoms. The van der Waals surface area contributed by atoms with Gasteiger partial charge in [-0.2, -0.15) is 4.31 Å². The number of benzene rings is 2. The highest BCUT2D eigenvalue weighted by Gasteiger charge is 2.49. The quantitative estimate of drug-likeness (QED) is 0.269. The monoisotopic (exact) mass is 663 g/mol. The van der Waals surface area contributed by atoms with Crippen molar-refractivity contribution in [3.05, 3.63) is 48.0 Å². The number of carbonyl (C=O) groups excluding carboxylic acids is 1. The van der Waals surface area contributed by atoms with Crippen LogP contribution in [0.5, 0.6) is 17.2 Å². The molecule has 0 aliphatic carbocycles. The topological polar surface area (TPSA) is 173 Å². The van der Waals surface area contributed by atoms with Gasteiger partial charge in [0.05, 0.1) is 36.3 Å². The summed E-state index contributed by atoms with van der Waals surface area (Å²) in [6.45, 7) is 3.77. The Morgan fingerprint density at radius 3 is 2.50 bits per heavy atom. The summed E-state index contributed by atoms with van der Waals surface area (Å²) in [5.74, 6) is 0.553. The minimum Gasteiger partial charge on any atom is -0.484 e. The van der Waals surface area contributed by atoms with Crippen LogP contribution in [0.1, 0.15) is 25.8 Å². The molecule has 3 aliphatic rings. The third kappa shape index (κ3) is 7.50. The normalized spacial score (nSPS) is 21.7. The lowest BCUT2D eigenvalue weighted by atomic mass is 9.93. The van der Waals surface area contributed by atoms with E-state index in [1.54, 1.807) is 24.3 Å². The number of carbonyl (C=O) groups is 2. The highest BCUT2D eigenvalue weighted by atomic mass is 32.2. The molecular weight excluding hydrogens is 622 g/mol. The summed E-state index contributed by atoms with van der Waals surface area (Å²) >= 11 is 0. The van der Waals surface area contributed by atoms with Crippen molar-refractivity contribution in [2.75, 3.05) is 46.8 Å². The standard InChI is InChI=1S/C31H41N3O11S/c1-19(2)14-33(46(39,40)22-8-9-27-28(13-22)45-18-44-27)15-26(35)24(12-20-4-6-21(7-5-20)42-17-29(36)32-3)34(31(37)38)25-16-43-30-23(25)10-11-41-30/h4-9,13,19,23-26,30,35H,10-12,14-18H2,1-3H3,(H,32,36)(H,37,38)/t23-,24-,25-,26+,30+/m0/s1. The van der Waals surface area contributed by atoms with Crippen LogP contribution in [0.3, 0.4) is 0 Å². The van der Waals surface area contributed by atoms with E-state index in [2.05, 4.69) is 5.32 Å². The Balaban J connectivity index is 1.44. The minimum absolute atomic E-state index is 0.0150. The van der Waals surface area contributed by atoms with Gasteiger partial charge in [0, 0.05) is 32.1 Å². The fourth-order valence-corrected chi connectivity index (χ4v) is 7.70. The van der Waals surface area contributed by atoms with Crippen LogP contribution in [0.4, 0.5) is 4.79 Å². The molecule has 0 saturated carbocycles. The predicted octanol–water partition coefficient (Wildman–Crippen LogP) is 1.90. The second-order valence-electron chi connectivity index (χ2n) is 12.0. The number of rotatable bonds is 14. The molecule has 3 aliphatic heterocycles. The van der Waals surface area contributed by atoms with E-state index in [1.807, 2.05) is 13.8 Å². The van der Waals surface area contributed by atoms with Crippen molar-refractivity contribution in [1.82, 2.24) is 14.5 Å². The van der Waals surface area contributed by atoms with Crippen molar-refractivity contribution in [3.63, 3.8) is 0 Å². The van der Waals surface area contributed by atoms with E-state index in [9.17, 15) is 28.2 Å². The summed E-state index contributed by atoms with van der Waals surface area (Å²) in [6.07, 6.45) is -2.56. The molecule has 0 radical (unpaired) electrons. The zero-order valence-electron chi connectivity index (χ0n) is 26.0. The molecule has 0 aromatic heterocycles. The second-order valence-corrected chi connectivity index (χ2v) is 13.9. The molecule has 15 heteroatoms. The highest BCUT2D eigenvalue weighted by Crippen LogP contribution is 2.37. The van der Waals surface area contributed by atoms with Crippen molar-refractivity contribution in [1.29, 1.82) is 0 Å². The van der Waals surface area contributed by atoms with Crippen LogP contribution in [0.2, 0.25) is 0 Å². The number of ether oxygens (including phenoxy) is 5. The molecule has 5 rings (SSSR count). The fourth-order valence-electron chi connectivity index (χ4n) is 6.06. The Bertz CT molecular complexity index is 1490. The smallest absolute Gasteiger partial charge is 0.407 e. The van der Waals surface area contributed by atoms with E-state index in [0.29, 0.717) is 35.8 Å². The molecule has 3 heterocycles. The number of aliphatic hydroxyl groups is 1. The first kappa shape index (κ1) is 33.7. The second kappa shape index (κ2) is 14.4. The Morgan fingerprint density at radius 1 is 1.07 bits per heavy atom. The van der Waals surface area contributed by atoms with E-state index in [4.69, 9.17) is 23.7 Å². The molecule has 2 saturated heterocycles. The third-order valence-electron chi connectivity index (χ3n) is 8.35. The van der Waals surface area contributed by atoms with Gasteiger partial charge < -0.3 is 39.2 Å². The van der Waals surface area contributed by atoms with Gasteiger partial charge in [-0.3, -0.25) is 9.69 Å². The summed E-state index contributed by atoms with van der Waals surface area (Å²) < 4.78 is 56.8. The van der Waals surface area contributed by atoms with E-state index >= 15 is 0 Å². The molecule has 252 valence electrons. The molecule has 0 spiro atoms. The fraction of sp³-hybridized carbons (Fsp3) is 0.548. The van der Waals surface area contributed by atoms with Gasteiger partial charge in [0.15, 0.2) is 24.4 Å². The maximum atomic E-state index is 14.0. The highest BCUT2D eigenvalue weighted by molar-refractivity contribution is 7.89. The SMILES string of the molecule is CNC(=O)COc1ccc(C[C@@H]([C@H](O)CN(CC(C)C)S(=O)(=O)c2ccc3c(c2)OCO3)N(C(=O)O)[C@H]2CO[C@H]3OCC[C@H]32)cc1. The Kier molecular flexibility index (Phi) is 10.6.